The van der Waals surface area contributed by atoms with Gasteiger partial charge in [-0.1, -0.05) is 12.1 Å². The molecule has 3 nitrogen and oxygen atoms in total. The minimum Gasteiger partial charge on any atom is -0.508 e. The zero-order valence-electron chi connectivity index (χ0n) is 8.74. The molecule has 84 valence electrons. The quantitative estimate of drug-likeness (QED) is 0.731. The highest BCUT2D eigenvalue weighted by atomic mass is 35.5. The molecular formula is C11H16ClNO2. The Kier molecular flexibility index (Phi) is 5.47. The molecule has 0 aliphatic rings. The molecule has 2 N–H and O–H groups in total. The molecule has 1 unspecified atom stereocenters. The van der Waals surface area contributed by atoms with Gasteiger partial charge < -0.3 is 15.2 Å². The Morgan fingerprint density at radius 1 is 1.53 bits per heavy atom. The Balaban J connectivity index is 2.25. The van der Waals surface area contributed by atoms with Gasteiger partial charge in [0.05, 0.1) is 12.0 Å². The first-order valence-electron chi connectivity index (χ1n) is 4.84. The van der Waals surface area contributed by atoms with Crippen LogP contribution in [0.15, 0.2) is 24.3 Å². The van der Waals surface area contributed by atoms with Gasteiger partial charge in [-0.05, 0) is 17.7 Å². The molecule has 1 aromatic rings. The third-order valence-corrected chi connectivity index (χ3v) is 2.23. The number of nitrogens with one attached hydrogen (secondary N) is 1. The van der Waals surface area contributed by atoms with Gasteiger partial charge in [0.1, 0.15) is 5.75 Å². The monoisotopic (exact) mass is 229 g/mol. The van der Waals surface area contributed by atoms with Gasteiger partial charge in [0, 0.05) is 20.2 Å². The molecular weight excluding hydrogens is 214 g/mol. The van der Waals surface area contributed by atoms with Crippen LogP contribution in [0.1, 0.15) is 5.56 Å². The van der Waals surface area contributed by atoms with E-state index in [9.17, 15) is 5.11 Å². The summed E-state index contributed by atoms with van der Waals surface area (Å²) in [7, 11) is 1.63. The van der Waals surface area contributed by atoms with Crippen LogP contribution in [0.25, 0.3) is 0 Å². The van der Waals surface area contributed by atoms with Crippen molar-refractivity contribution in [2.75, 3.05) is 20.3 Å². The van der Waals surface area contributed by atoms with Crippen LogP contribution in [0.5, 0.6) is 5.75 Å². The van der Waals surface area contributed by atoms with Crippen LogP contribution in [0.4, 0.5) is 0 Å². The van der Waals surface area contributed by atoms with Gasteiger partial charge >= 0.3 is 0 Å². The number of alkyl halides is 1. The van der Waals surface area contributed by atoms with E-state index in [0.717, 1.165) is 5.56 Å². The van der Waals surface area contributed by atoms with E-state index in [1.807, 2.05) is 12.1 Å². The molecule has 0 saturated carbocycles. The Labute approximate surface area is 95.0 Å². The smallest absolute Gasteiger partial charge is 0.115 e. The molecule has 0 aliphatic carbocycles. The Morgan fingerprint density at radius 3 is 3.00 bits per heavy atom. The first-order valence-corrected chi connectivity index (χ1v) is 5.27. The highest BCUT2D eigenvalue weighted by Gasteiger charge is 2.02. The molecule has 0 bridgehead atoms. The lowest BCUT2D eigenvalue weighted by atomic mass is 10.2. The molecule has 1 rings (SSSR count). The molecule has 0 heterocycles. The highest BCUT2D eigenvalue weighted by Crippen LogP contribution is 2.10. The number of phenolic OH excluding ortho intramolecular Hbond substituents is 1. The first-order chi connectivity index (χ1) is 7.22. The molecule has 15 heavy (non-hydrogen) atoms. The van der Waals surface area contributed by atoms with Crippen molar-refractivity contribution in [3.05, 3.63) is 29.8 Å². The standard InChI is InChI=1S/C11H16ClNO2/c1-15-8-10(12)7-13-6-9-3-2-4-11(14)5-9/h2-5,10,13-14H,6-8H2,1H3. The number of hydrogen-bond donors (Lipinski definition) is 2. The predicted octanol–water partition coefficient (Wildman–Crippen LogP) is 1.74. The minimum atomic E-state index is -0.0210. The van der Waals surface area contributed by atoms with Gasteiger partial charge in [-0.25, -0.2) is 0 Å². The third-order valence-electron chi connectivity index (χ3n) is 1.95. The zero-order valence-corrected chi connectivity index (χ0v) is 9.50. The van der Waals surface area contributed by atoms with Crippen molar-refractivity contribution >= 4 is 11.6 Å². The molecule has 4 heteroatoms. The third kappa shape index (κ3) is 5.02. The molecule has 0 spiro atoms. The highest BCUT2D eigenvalue weighted by molar-refractivity contribution is 6.20. The molecule has 0 aliphatic heterocycles. The van der Waals surface area contributed by atoms with Crippen molar-refractivity contribution in [3.8, 4) is 5.75 Å². The average molecular weight is 230 g/mol. The topological polar surface area (TPSA) is 41.5 Å². The number of ether oxygens (including phenoxy) is 1. The molecule has 0 radical (unpaired) electrons. The van der Waals surface area contributed by atoms with E-state index in [0.29, 0.717) is 19.7 Å². The second kappa shape index (κ2) is 6.67. The number of phenols is 1. The van der Waals surface area contributed by atoms with Crippen LogP contribution in [-0.2, 0) is 11.3 Å². The maximum Gasteiger partial charge on any atom is 0.115 e. The number of rotatable bonds is 6. The van der Waals surface area contributed by atoms with E-state index < -0.39 is 0 Å². The maximum absolute atomic E-state index is 9.23. The second-order valence-electron chi connectivity index (χ2n) is 3.35. The van der Waals surface area contributed by atoms with Crippen LogP contribution in [0.3, 0.4) is 0 Å². The van der Waals surface area contributed by atoms with Crippen molar-refractivity contribution in [1.82, 2.24) is 5.32 Å². The summed E-state index contributed by atoms with van der Waals surface area (Å²) in [4.78, 5) is 0. The number of methoxy groups -OCH3 is 1. The van der Waals surface area contributed by atoms with Gasteiger partial charge in [-0.2, -0.15) is 0 Å². The van der Waals surface area contributed by atoms with Crippen molar-refractivity contribution in [1.29, 1.82) is 0 Å². The number of benzene rings is 1. The fourth-order valence-electron chi connectivity index (χ4n) is 1.28. The molecule has 0 aromatic heterocycles. The number of aromatic hydroxyl groups is 1. The lowest BCUT2D eigenvalue weighted by Crippen LogP contribution is -2.25. The van der Waals surface area contributed by atoms with Gasteiger partial charge in [-0.15, -0.1) is 11.6 Å². The van der Waals surface area contributed by atoms with Gasteiger partial charge in [0.2, 0.25) is 0 Å². The molecule has 1 aromatic carbocycles. The van der Waals surface area contributed by atoms with Crippen molar-refractivity contribution in [2.24, 2.45) is 0 Å². The van der Waals surface area contributed by atoms with Crippen LogP contribution >= 0.6 is 11.6 Å². The largest absolute Gasteiger partial charge is 0.508 e. The molecule has 0 amide bonds. The van der Waals surface area contributed by atoms with Gasteiger partial charge in [0.25, 0.3) is 0 Å². The Hall–Kier alpha value is -0.770. The lowest BCUT2D eigenvalue weighted by Gasteiger charge is -2.09. The number of hydrogen-bond acceptors (Lipinski definition) is 3. The van der Waals surface area contributed by atoms with E-state index in [1.54, 1.807) is 19.2 Å². The van der Waals surface area contributed by atoms with E-state index >= 15 is 0 Å². The molecule has 0 saturated heterocycles. The fourth-order valence-corrected chi connectivity index (χ4v) is 1.51. The maximum atomic E-state index is 9.23. The van der Waals surface area contributed by atoms with E-state index in [2.05, 4.69) is 5.32 Å². The normalized spacial score (nSPS) is 12.7. The lowest BCUT2D eigenvalue weighted by molar-refractivity contribution is 0.197. The summed E-state index contributed by atoms with van der Waals surface area (Å²) in [5.41, 5.74) is 1.04. The summed E-state index contributed by atoms with van der Waals surface area (Å²) in [6.45, 7) is 1.92. The van der Waals surface area contributed by atoms with E-state index in [1.165, 1.54) is 0 Å². The first kappa shape index (κ1) is 12.3. The van der Waals surface area contributed by atoms with Crippen LogP contribution in [0.2, 0.25) is 0 Å². The van der Waals surface area contributed by atoms with Crippen LogP contribution in [0, 0.1) is 0 Å². The van der Waals surface area contributed by atoms with Crippen LogP contribution in [-0.4, -0.2) is 30.7 Å². The summed E-state index contributed by atoms with van der Waals surface area (Å²) >= 11 is 5.94. The summed E-state index contributed by atoms with van der Waals surface area (Å²) in [6.07, 6.45) is 0. The zero-order chi connectivity index (χ0) is 11.1. The van der Waals surface area contributed by atoms with Gasteiger partial charge in [0.15, 0.2) is 0 Å². The van der Waals surface area contributed by atoms with Gasteiger partial charge in [-0.3, -0.25) is 0 Å². The SMILES string of the molecule is COCC(Cl)CNCc1cccc(O)c1. The second-order valence-corrected chi connectivity index (χ2v) is 3.97. The minimum absolute atomic E-state index is 0.0210. The number of halogens is 1. The van der Waals surface area contributed by atoms with Crippen molar-refractivity contribution < 1.29 is 9.84 Å². The summed E-state index contributed by atoms with van der Waals surface area (Å²) in [5.74, 6) is 0.286. The molecule has 0 fully saturated rings. The van der Waals surface area contributed by atoms with Crippen molar-refractivity contribution in [2.45, 2.75) is 11.9 Å². The summed E-state index contributed by atoms with van der Waals surface area (Å²) in [6, 6.07) is 7.15. The van der Waals surface area contributed by atoms with Crippen molar-refractivity contribution in [3.63, 3.8) is 0 Å². The fraction of sp³-hybridized carbons (Fsp3) is 0.455. The van der Waals surface area contributed by atoms with E-state index in [4.69, 9.17) is 16.3 Å². The molecule has 1 atom stereocenters. The summed E-state index contributed by atoms with van der Waals surface area (Å²) in [5, 5.41) is 12.4. The Bertz CT molecular complexity index is 294. The van der Waals surface area contributed by atoms with E-state index in [-0.39, 0.29) is 11.1 Å². The Morgan fingerprint density at radius 2 is 2.33 bits per heavy atom. The van der Waals surface area contributed by atoms with Crippen LogP contribution < -0.4 is 5.32 Å². The predicted molar refractivity (Wildman–Crippen MR) is 61.3 cm³/mol. The summed E-state index contributed by atoms with van der Waals surface area (Å²) < 4.78 is 4.91. The average Bonchev–Trinajstić information content (AvgIpc) is 2.18.